The molecule has 122 valence electrons. The second kappa shape index (κ2) is 7.05. The van der Waals surface area contributed by atoms with Crippen LogP contribution < -0.4 is 14.8 Å². The smallest absolute Gasteiger partial charge is 0.277 e. The van der Waals surface area contributed by atoms with Crippen molar-refractivity contribution in [1.29, 1.82) is 0 Å². The summed E-state index contributed by atoms with van der Waals surface area (Å²) in [7, 11) is 3.16. The largest absolute Gasteiger partial charge is 0.493 e. The van der Waals surface area contributed by atoms with Crippen LogP contribution in [0.3, 0.4) is 0 Å². The molecule has 1 amide bonds. The van der Waals surface area contributed by atoms with Crippen molar-refractivity contribution in [1.82, 2.24) is 15.0 Å². The van der Waals surface area contributed by atoms with Crippen LogP contribution in [-0.2, 0) is 0 Å². The van der Waals surface area contributed by atoms with E-state index in [1.807, 2.05) is 23.6 Å². The van der Waals surface area contributed by atoms with Gasteiger partial charge < -0.3 is 9.47 Å². The third kappa shape index (κ3) is 3.33. The predicted octanol–water partition coefficient (Wildman–Crippen LogP) is 2.87. The van der Waals surface area contributed by atoms with E-state index in [-0.39, 0.29) is 11.6 Å². The van der Waals surface area contributed by atoms with E-state index in [0.29, 0.717) is 16.6 Å². The number of nitrogens with zero attached hydrogens (tertiary/aromatic N) is 3. The first-order valence-electron chi connectivity index (χ1n) is 6.96. The number of hydrogen-bond acceptors (Lipinski definition) is 7. The Labute approximate surface area is 142 Å². The van der Waals surface area contributed by atoms with Gasteiger partial charge in [-0.05, 0) is 18.2 Å². The quantitative estimate of drug-likeness (QED) is 0.767. The number of nitrogens with one attached hydrogen (secondary N) is 1. The summed E-state index contributed by atoms with van der Waals surface area (Å²) in [5.41, 5.74) is 1.83. The molecule has 0 spiro atoms. The fourth-order valence-electron chi connectivity index (χ4n) is 2.04. The highest BCUT2D eigenvalue weighted by Gasteiger charge is 2.12. The Kier molecular flexibility index (Phi) is 4.66. The topological polar surface area (TPSA) is 86.2 Å². The van der Waals surface area contributed by atoms with Crippen molar-refractivity contribution in [2.24, 2.45) is 0 Å². The Morgan fingerprint density at radius 2 is 2.00 bits per heavy atom. The minimum Gasteiger partial charge on any atom is -0.493 e. The number of amides is 1. The lowest BCUT2D eigenvalue weighted by molar-refractivity contribution is 0.102. The van der Waals surface area contributed by atoms with Crippen LogP contribution in [0.5, 0.6) is 11.5 Å². The van der Waals surface area contributed by atoms with Crippen molar-refractivity contribution >= 4 is 22.4 Å². The second-order valence-electron chi connectivity index (χ2n) is 4.65. The first kappa shape index (κ1) is 15.9. The van der Waals surface area contributed by atoms with Crippen molar-refractivity contribution < 1.29 is 14.3 Å². The molecule has 0 aliphatic heterocycles. The highest BCUT2D eigenvalue weighted by Crippen LogP contribution is 2.33. The standard InChI is InChI=1S/C16H14N4O3S/c1-22-13-4-3-10(7-14(13)23-2)12-9-24-16(19-12)20-15(21)11-8-17-5-6-18-11/h3-9H,1-2H3,(H,19,20,21). The maximum atomic E-state index is 12.1. The normalized spacial score (nSPS) is 10.2. The van der Waals surface area contributed by atoms with E-state index >= 15 is 0 Å². The lowest BCUT2D eigenvalue weighted by Crippen LogP contribution is -2.13. The van der Waals surface area contributed by atoms with Gasteiger partial charge in [-0.2, -0.15) is 0 Å². The third-order valence-electron chi connectivity index (χ3n) is 3.20. The fourth-order valence-corrected chi connectivity index (χ4v) is 2.75. The molecular weight excluding hydrogens is 328 g/mol. The number of hydrogen-bond donors (Lipinski definition) is 1. The number of carbonyl (C=O) groups excluding carboxylic acids is 1. The summed E-state index contributed by atoms with van der Waals surface area (Å²) < 4.78 is 10.5. The van der Waals surface area contributed by atoms with Crippen molar-refractivity contribution in [3.05, 3.63) is 47.9 Å². The Morgan fingerprint density at radius 3 is 2.71 bits per heavy atom. The number of rotatable bonds is 5. The van der Waals surface area contributed by atoms with E-state index in [4.69, 9.17) is 9.47 Å². The van der Waals surface area contributed by atoms with Gasteiger partial charge in [0.15, 0.2) is 16.6 Å². The second-order valence-corrected chi connectivity index (χ2v) is 5.51. The molecule has 0 aliphatic carbocycles. The molecule has 0 radical (unpaired) electrons. The van der Waals surface area contributed by atoms with Crippen molar-refractivity contribution in [3.8, 4) is 22.8 Å². The molecule has 3 aromatic rings. The highest BCUT2D eigenvalue weighted by molar-refractivity contribution is 7.14. The highest BCUT2D eigenvalue weighted by atomic mass is 32.1. The number of anilines is 1. The molecule has 2 aromatic heterocycles. The zero-order valence-corrected chi connectivity index (χ0v) is 13.8. The average Bonchev–Trinajstić information content (AvgIpc) is 3.10. The van der Waals surface area contributed by atoms with Crippen LogP contribution in [0, 0.1) is 0 Å². The summed E-state index contributed by atoms with van der Waals surface area (Å²) in [4.78, 5) is 24.3. The summed E-state index contributed by atoms with van der Waals surface area (Å²) in [5.74, 6) is 0.914. The van der Waals surface area contributed by atoms with Gasteiger partial charge in [0.1, 0.15) is 5.69 Å². The van der Waals surface area contributed by atoms with Gasteiger partial charge in [-0.1, -0.05) is 0 Å². The zero-order valence-electron chi connectivity index (χ0n) is 13.0. The molecule has 0 fully saturated rings. The van der Waals surface area contributed by atoms with Crippen LogP contribution in [0.15, 0.2) is 42.2 Å². The van der Waals surface area contributed by atoms with Crippen molar-refractivity contribution in [2.75, 3.05) is 19.5 Å². The molecule has 0 saturated heterocycles. The minimum absolute atomic E-state index is 0.236. The summed E-state index contributed by atoms with van der Waals surface area (Å²) in [6.07, 6.45) is 4.37. The number of thiazole rings is 1. The Morgan fingerprint density at radius 1 is 1.17 bits per heavy atom. The molecule has 3 rings (SSSR count). The van der Waals surface area contributed by atoms with Gasteiger partial charge in [0, 0.05) is 23.3 Å². The zero-order chi connectivity index (χ0) is 16.9. The molecule has 0 unspecified atom stereocenters. The average molecular weight is 342 g/mol. The molecule has 0 atom stereocenters. The lowest BCUT2D eigenvalue weighted by Gasteiger charge is -2.08. The number of ether oxygens (including phenoxy) is 2. The van der Waals surface area contributed by atoms with Crippen LogP contribution >= 0.6 is 11.3 Å². The first-order valence-corrected chi connectivity index (χ1v) is 7.84. The van der Waals surface area contributed by atoms with Gasteiger partial charge >= 0.3 is 0 Å². The summed E-state index contributed by atoms with van der Waals surface area (Å²) in [6.45, 7) is 0. The summed E-state index contributed by atoms with van der Waals surface area (Å²) >= 11 is 1.33. The van der Waals surface area contributed by atoms with Gasteiger partial charge in [-0.3, -0.25) is 15.1 Å². The molecule has 0 aliphatic rings. The SMILES string of the molecule is COc1ccc(-c2csc(NC(=O)c3cnccn3)n2)cc1OC. The molecule has 8 heteroatoms. The third-order valence-corrected chi connectivity index (χ3v) is 3.96. The summed E-state index contributed by atoms with van der Waals surface area (Å²) in [5, 5.41) is 5.05. The van der Waals surface area contributed by atoms with Gasteiger partial charge in [0.05, 0.1) is 26.1 Å². The number of aromatic nitrogens is 3. The molecule has 24 heavy (non-hydrogen) atoms. The van der Waals surface area contributed by atoms with Crippen LogP contribution in [-0.4, -0.2) is 35.1 Å². The number of benzene rings is 1. The first-order chi connectivity index (χ1) is 11.7. The van der Waals surface area contributed by atoms with E-state index in [0.717, 1.165) is 11.3 Å². The Bertz CT molecular complexity index is 852. The molecule has 1 N–H and O–H groups in total. The molecule has 7 nitrogen and oxygen atoms in total. The molecule has 1 aromatic carbocycles. The molecule has 0 saturated carbocycles. The van der Waals surface area contributed by atoms with Gasteiger partial charge in [0.25, 0.3) is 5.91 Å². The van der Waals surface area contributed by atoms with Crippen LogP contribution in [0.2, 0.25) is 0 Å². The fraction of sp³-hybridized carbons (Fsp3) is 0.125. The van der Waals surface area contributed by atoms with Crippen LogP contribution in [0.4, 0.5) is 5.13 Å². The lowest BCUT2D eigenvalue weighted by atomic mass is 10.1. The van der Waals surface area contributed by atoms with Gasteiger partial charge in [-0.15, -0.1) is 11.3 Å². The summed E-state index contributed by atoms with van der Waals surface area (Å²) in [6, 6.07) is 5.53. The molecule has 0 bridgehead atoms. The molecule has 2 heterocycles. The maximum absolute atomic E-state index is 12.1. The Hall–Kier alpha value is -3.00. The van der Waals surface area contributed by atoms with Gasteiger partial charge in [-0.25, -0.2) is 9.97 Å². The maximum Gasteiger partial charge on any atom is 0.277 e. The number of methoxy groups -OCH3 is 2. The van der Waals surface area contributed by atoms with Crippen molar-refractivity contribution in [3.63, 3.8) is 0 Å². The van der Waals surface area contributed by atoms with Gasteiger partial charge in [0.2, 0.25) is 0 Å². The van der Waals surface area contributed by atoms with Crippen molar-refractivity contribution in [2.45, 2.75) is 0 Å². The Balaban J connectivity index is 1.79. The van der Waals surface area contributed by atoms with E-state index < -0.39 is 0 Å². The van der Waals surface area contributed by atoms with E-state index in [9.17, 15) is 4.79 Å². The van der Waals surface area contributed by atoms with Crippen LogP contribution in [0.25, 0.3) is 11.3 Å². The predicted molar refractivity (Wildman–Crippen MR) is 90.6 cm³/mol. The van der Waals surface area contributed by atoms with E-state index in [1.165, 1.54) is 29.9 Å². The molecular formula is C16H14N4O3S. The number of carbonyl (C=O) groups is 1. The van der Waals surface area contributed by atoms with E-state index in [2.05, 4.69) is 20.3 Å². The van der Waals surface area contributed by atoms with E-state index in [1.54, 1.807) is 14.2 Å². The monoisotopic (exact) mass is 342 g/mol. The van der Waals surface area contributed by atoms with Crippen LogP contribution in [0.1, 0.15) is 10.5 Å². The minimum atomic E-state index is -0.351.